The Morgan fingerprint density at radius 3 is 2.44 bits per heavy atom. The van der Waals surface area contributed by atoms with Crippen LogP contribution in [0.3, 0.4) is 0 Å². The first-order chi connectivity index (χ1) is 16.1. The average molecular weight is 499 g/mol. The number of hydrogen-bond donors (Lipinski definition) is 3. The van der Waals surface area contributed by atoms with Crippen LogP contribution in [0.15, 0.2) is 54.7 Å². The molecule has 0 saturated heterocycles. The van der Waals surface area contributed by atoms with Crippen molar-refractivity contribution >= 4 is 35.0 Å². The Kier molecular flexibility index (Phi) is 7.41. The summed E-state index contributed by atoms with van der Waals surface area (Å²) >= 11 is 5.52. The molecule has 3 rings (SSSR count). The fourth-order valence-corrected chi connectivity index (χ4v) is 2.79. The highest BCUT2D eigenvalue weighted by Gasteiger charge is 2.33. The van der Waals surface area contributed by atoms with E-state index in [1.807, 2.05) is 0 Å². The number of amides is 2. The van der Waals surface area contributed by atoms with Gasteiger partial charge in [-0.3, -0.25) is 15.1 Å². The summed E-state index contributed by atoms with van der Waals surface area (Å²) < 4.78 is 58.6. The summed E-state index contributed by atoms with van der Waals surface area (Å²) in [4.78, 5) is 32.0. The van der Waals surface area contributed by atoms with Gasteiger partial charge in [-0.1, -0.05) is 11.6 Å². The number of ether oxygens (including phenoxy) is 1. The Balaban J connectivity index is 1.61. The van der Waals surface area contributed by atoms with Crippen molar-refractivity contribution in [3.63, 3.8) is 0 Å². The number of pyridine rings is 1. The zero-order valence-electron chi connectivity index (χ0n) is 17.2. The van der Waals surface area contributed by atoms with Crippen molar-refractivity contribution in [2.45, 2.75) is 6.18 Å². The topological polar surface area (TPSA) is 102 Å². The molecule has 1 heterocycles. The van der Waals surface area contributed by atoms with Crippen molar-refractivity contribution < 1.29 is 36.7 Å². The second-order valence-corrected chi connectivity index (χ2v) is 6.92. The number of nitrogens with zero attached hydrogens (tertiary/aromatic N) is 1. The van der Waals surface area contributed by atoms with E-state index in [4.69, 9.17) is 16.3 Å². The lowest BCUT2D eigenvalue weighted by Gasteiger charge is -2.13. The molecule has 2 aromatic carbocycles. The second-order valence-electron chi connectivity index (χ2n) is 6.51. The van der Waals surface area contributed by atoms with Gasteiger partial charge < -0.3 is 14.9 Å². The van der Waals surface area contributed by atoms with Crippen molar-refractivity contribution in [3.8, 4) is 11.5 Å². The molecular formula is C21H15ClF4N4O4. The van der Waals surface area contributed by atoms with E-state index in [2.05, 4.69) is 25.9 Å². The summed E-state index contributed by atoms with van der Waals surface area (Å²) in [5, 5.41) is 3.94. The number of alkyl halides is 3. The van der Waals surface area contributed by atoms with Crippen molar-refractivity contribution in [2.24, 2.45) is 0 Å². The van der Waals surface area contributed by atoms with Crippen LogP contribution in [-0.4, -0.2) is 24.0 Å². The molecule has 1 aromatic heterocycles. The van der Waals surface area contributed by atoms with Crippen LogP contribution in [0.25, 0.3) is 0 Å². The molecule has 0 aliphatic carbocycles. The maximum absolute atomic E-state index is 14.4. The molecule has 0 spiro atoms. The monoisotopic (exact) mass is 498 g/mol. The Labute approximate surface area is 194 Å². The first kappa shape index (κ1) is 24.6. The minimum Gasteiger partial charge on any atom is -0.457 e. The number of halogens is 5. The molecule has 34 heavy (non-hydrogen) atoms. The zero-order chi connectivity index (χ0) is 24.9. The quantitative estimate of drug-likeness (QED) is 0.301. The fourth-order valence-electron chi connectivity index (χ4n) is 2.57. The van der Waals surface area contributed by atoms with Crippen molar-refractivity contribution in [1.82, 2.24) is 10.3 Å². The highest BCUT2D eigenvalue weighted by atomic mass is 35.5. The van der Waals surface area contributed by atoms with Gasteiger partial charge in [-0.05, 0) is 36.4 Å². The molecule has 8 nitrogen and oxygen atoms in total. The Hall–Kier alpha value is -4.06. The van der Waals surface area contributed by atoms with Crippen molar-refractivity contribution in [2.75, 3.05) is 17.8 Å². The van der Waals surface area contributed by atoms with Gasteiger partial charge in [-0.25, -0.2) is 14.7 Å². The molecule has 0 fully saturated rings. The van der Waals surface area contributed by atoms with Crippen LogP contribution < -0.4 is 20.9 Å². The lowest BCUT2D eigenvalue weighted by molar-refractivity contribution is -0.137. The minimum atomic E-state index is -4.72. The van der Waals surface area contributed by atoms with E-state index in [9.17, 15) is 27.2 Å². The van der Waals surface area contributed by atoms with Crippen LogP contribution in [0.4, 0.5) is 33.7 Å². The van der Waals surface area contributed by atoms with E-state index >= 15 is 0 Å². The number of benzene rings is 2. The summed E-state index contributed by atoms with van der Waals surface area (Å²) in [5.74, 6) is -0.996. The summed E-state index contributed by atoms with van der Waals surface area (Å²) in [6.07, 6.45) is -4.57. The molecule has 0 bridgehead atoms. The number of carbonyl (C=O) groups is 2. The molecular weight excluding hydrogens is 484 g/mol. The Morgan fingerprint density at radius 2 is 1.76 bits per heavy atom. The third kappa shape index (κ3) is 6.25. The molecule has 0 saturated carbocycles. The molecule has 0 aliphatic heterocycles. The predicted molar refractivity (Wildman–Crippen MR) is 114 cm³/mol. The Bertz CT molecular complexity index is 1220. The zero-order valence-corrected chi connectivity index (χ0v) is 17.9. The highest BCUT2D eigenvalue weighted by Crippen LogP contribution is 2.36. The smallest absolute Gasteiger partial charge is 0.435 e. The van der Waals surface area contributed by atoms with Gasteiger partial charge >= 0.3 is 12.3 Å². The van der Waals surface area contributed by atoms with Crippen LogP contribution >= 0.6 is 11.6 Å². The number of aromatic nitrogens is 1. The van der Waals surface area contributed by atoms with Crippen molar-refractivity contribution in [3.05, 3.63) is 76.8 Å². The number of hydrogen-bond acceptors (Lipinski definition) is 6. The van der Waals surface area contributed by atoms with E-state index in [1.54, 1.807) is 0 Å². The maximum Gasteiger partial charge on any atom is 0.435 e. The molecule has 0 aliphatic rings. The van der Waals surface area contributed by atoms with Crippen molar-refractivity contribution in [1.29, 1.82) is 0 Å². The van der Waals surface area contributed by atoms with Crippen LogP contribution in [-0.2, 0) is 11.0 Å². The number of anilines is 2. The van der Waals surface area contributed by atoms with Gasteiger partial charge in [0, 0.05) is 31.1 Å². The third-order valence-electron chi connectivity index (χ3n) is 4.14. The molecule has 0 radical (unpaired) electrons. The summed E-state index contributed by atoms with van der Waals surface area (Å²) in [6.45, 7) is 0. The third-order valence-corrected chi connectivity index (χ3v) is 4.47. The molecule has 3 aromatic rings. The van der Waals surface area contributed by atoms with Crippen LogP contribution in [0.5, 0.6) is 11.5 Å². The van der Waals surface area contributed by atoms with Crippen LogP contribution in [0.2, 0.25) is 5.02 Å². The standard InChI is InChI=1S/C21H15ClF4N4O4/c1-27-19(31)18-10-13(6-7-28-18)33-12-3-5-17(16(23)9-12)30-34-20(32)29-11-2-4-15(22)14(8-11)21(24,25)26/h2-10,30H,1H3,(H,27,31)(H,29,32). The van der Waals surface area contributed by atoms with Gasteiger partial charge in [-0.2, -0.15) is 13.2 Å². The summed E-state index contributed by atoms with van der Waals surface area (Å²) in [7, 11) is 1.44. The van der Waals surface area contributed by atoms with Gasteiger partial charge in [0.25, 0.3) is 5.91 Å². The maximum atomic E-state index is 14.4. The summed E-state index contributed by atoms with van der Waals surface area (Å²) in [6, 6.07) is 9.09. The number of carbonyl (C=O) groups excluding carboxylic acids is 2. The van der Waals surface area contributed by atoms with E-state index in [-0.39, 0.29) is 28.6 Å². The van der Waals surface area contributed by atoms with Crippen LogP contribution in [0, 0.1) is 5.82 Å². The lowest BCUT2D eigenvalue weighted by atomic mass is 10.2. The number of rotatable bonds is 6. The SMILES string of the molecule is CNC(=O)c1cc(Oc2ccc(NOC(=O)Nc3ccc(Cl)c(C(F)(F)F)c3)c(F)c2)ccn1. The molecule has 13 heteroatoms. The fraction of sp³-hybridized carbons (Fsp3) is 0.0952. The van der Waals surface area contributed by atoms with Crippen LogP contribution in [0.1, 0.15) is 16.1 Å². The Morgan fingerprint density at radius 1 is 1.03 bits per heavy atom. The molecule has 2 amide bonds. The lowest BCUT2D eigenvalue weighted by Crippen LogP contribution is -2.19. The van der Waals surface area contributed by atoms with E-state index in [1.165, 1.54) is 37.5 Å². The highest BCUT2D eigenvalue weighted by molar-refractivity contribution is 6.31. The first-order valence-corrected chi connectivity index (χ1v) is 9.70. The van der Waals surface area contributed by atoms with E-state index in [0.717, 1.165) is 18.2 Å². The first-order valence-electron chi connectivity index (χ1n) is 9.33. The van der Waals surface area contributed by atoms with Gasteiger partial charge in [0.05, 0.1) is 10.6 Å². The minimum absolute atomic E-state index is 0.0717. The normalized spacial score (nSPS) is 10.9. The largest absolute Gasteiger partial charge is 0.457 e. The molecule has 178 valence electrons. The molecule has 3 N–H and O–H groups in total. The van der Waals surface area contributed by atoms with E-state index < -0.39 is 34.6 Å². The van der Waals surface area contributed by atoms with Gasteiger partial charge in [0.1, 0.15) is 22.9 Å². The number of nitrogens with one attached hydrogen (secondary N) is 3. The molecule has 0 atom stereocenters. The van der Waals surface area contributed by atoms with Gasteiger partial charge in [0.15, 0.2) is 5.82 Å². The average Bonchev–Trinajstić information content (AvgIpc) is 2.78. The second kappa shape index (κ2) is 10.3. The van der Waals surface area contributed by atoms with Gasteiger partial charge in [0.2, 0.25) is 0 Å². The van der Waals surface area contributed by atoms with E-state index in [0.29, 0.717) is 6.07 Å². The predicted octanol–water partition coefficient (Wildman–Crippen LogP) is 5.62. The molecule has 0 unspecified atom stereocenters. The summed E-state index contributed by atoms with van der Waals surface area (Å²) in [5.41, 5.74) is 0.527. The van der Waals surface area contributed by atoms with Gasteiger partial charge in [-0.15, -0.1) is 0 Å².